The maximum Gasteiger partial charge on any atom is 0.143 e. The fourth-order valence-corrected chi connectivity index (χ4v) is 4.62. The molecule has 2 heterocycles. The van der Waals surface area contributed by atoms with Gasteiger partial charge < -0.3 is 14.5 Å². The van der Waals surface area contributed by atoms with Gasteiger partial charge >= 0.3 is 0 Å². The van der Waals surface area contributed by atoms with Crippen LogP contribution in [0.3, 0.4) is 0 Å². The summed E-state index contributed by atoms with van der Waals surface area (Å²) in [5.74, 6) is 0.975. The highest BCUT2D eigenvalue weighted by Crippen LogP contribution is 2.42. The molecule has 156 valence electrons. The Hall–Kier alpha value is -2.20. The first-order chi connectivity index (χ1) is 14.3. The van der Waals surface area contributed by atoms with E-state index in [1.165, 1.54) is 22.5 Å². The van der Waals surface area contributed by atoms with Crippen LogP contribution in [0.1, 0.15) is 17.5 Å². The maximum absolute atomic E-state index is 6.14. The standard InChI is InChI=1S/C25H25ClN2O.ClH/c26-21-11-9-19(10-12-21)13-15-27-16-14-22(17-27)28-23-6-2-1-5-20(23)18-29-25-8-4-3-7-24(25)28;/h1-12,22H,13-18H2;1H. The average molecular weight is 441 g/mol. The number of anilines is 2. The fourth-order valence-electron chi connectivity index (χ4n) is 4.49. The molecule has 3 aromatic carbocycles. The quantitative estimate of drug-likeness (QED) is 0.486. The van der Waals surface area contributed by atoms with Crippen molar-refractivity contribution in [1.82, 2.24) is 4.90 Å². The molecule has 0 aromatic heterocycles. The van der Waals surface area contributed by atoms with Crippen molar-refractivity contribution >= 4 is 35.4 Å². The maximum atomic E-state index is 6.14. The number of fused-ring (bicyclic) bond motifs is 2. The van der Waals surface area contributed by atoms with Crippen molar-refractivity contribution in [3.05, 3.63) is 88.9 Å². The third-order valence-corrected chi connectivity index (χ3v) is 6.25. The third-order valence-electron chi connectivity index (χ3n) is 6.00. The van der Waals surface area contributed by atoms with Crippen LogP contribution in [0.25, 0.3) is 0 Å². The third kappa shape index (κ3) is 4.29. The largest absolute Gasteiger partial charge is 0.487 e. The van der Waals surface area contributed by atoms with Gasteiger partial charge in [0.1, 0.15) is 12.4 Å². The summed E-state index contributed by atoms with van der Waals surface area (Å²) in [5, 5.41) is 0.802. The molecule has 2 aliphatic heterocycles. The van der Waals surface area contributed by atoms with Crippen molar-refractivity contribution in [2.45, 2.75) is 25.5 Å². The number of likely N-dealkylation sites (tertiary alicyclic amines) is 1. The molecule has 1 unspecified atom stereocenters. The molecule has 0 aliphatic carbocycles. The molecule has 30 heavy (non-hydrogen) atoms. The van der Waals surface area contributed by atoms with E-state index < -0.39 is 0 Å². The Morgan fingerprint density at radius 3 is 2.47 bits per heavy atom. The zero-order valence-electron chi connectivity index (χ0n) is 16.8. The normalized spacial score (nSPS) is 18.0. The van der Waals surface area contributed by atoms with Gasteiger partial charge in [0.2, 0.25) is 0 Å². The Balaban J connectivity index is 0.00000218. The lowest BCUT2D eigenvalue weighted by Crippen LogP contribution is -2.35. The Kier molecular flexibility index (Phi) is 6.52. The highest BCUT2D eigenvalue weighted by molar-refractivity contribution is 6.30. The van der Waals surface area contributed by atoms with Gasteiger partial charge in [0.15, 0.2) is 0 Å². The van der Waals surface area contributed by atoms with E-state index in [2.05, 4.69) is 70.5 Å². The first-order valence-electron chi connectivity index (χ1n) is 10.3. The van der Waals surface area contributed by atoms with Crippen molar-refractivity contribution in [1.29, 1.82) is 0 Å². The van der Waals surface area contributed by atoms with Crippen LogP contribution < -0.4 is 9.64 Å². The molecule has 0 amide bonds. The molecule has 0 bridgehead atoms. The molecule has 0 N–H and O–H groups in total. The van der Waals surface area contributed by atoms with E-state index >= 15 is 0 Å². The van der Waals surface area contributed by atoms with Gasteiger partial charge in [-0.05, 0) is 48.7 Å². The van der Waals surface area contributed by atoms with E-state index in [1.54, 1.807) is 0 Å². The van der Waals surface area contributed by atoms with E-state index in [9.17, 15) is 0 Å². The number of hydrogen-bond donors (Lipinski definition) is 0. The number of rotatable bonds is 4. The van der Waals surface area contributed by atoms with E-state index in [0.717, 1.165) is 43.2 Å². The van der Waals surface area contributed by atoms with Gasteiger partial charge in [-0.25, -0.2) is 0 Å². The lowest BCUT2D eigenvalue weighted by molar-refractivity contribution is 0.310. The minimum atomic E-state index is 0. The van der Waals surface area contributed by atoms with Crippen molar-refractivity contribution in [2.75, 3.05) is 24.5 Å². The molecule has 5 rings (SSSR count). The number of halogens is 2. The summed E-state index contributed by atoms with van der Waals surface area (Å²) < 4.78 is 6.14. The number of nitrogens with zero attached hydrogens (tertiary/aromatic N) is 2. The van der Waals surface area contributed by atoms with Crippen molar-refractivity contribution in [3.8, 4) is 5.75 Å². The van der Waals surface area contributed by atoms with Gasteiger partial charge in [0.25, 0.3) is 0 Å². The Labute approximate surface area is 189 Å². The number of benzene rings is 3. The highest BCUT2D eigenvalue weighted by Gasteiger charge is 2.32. The predicted molar refractivity (Wildman–Crippen MR) is 127 cm³/mol. The zero-order valence-corrected chi connectivity index (χ0v) is 18.4. The summed E-state index contributed by atoms with van der Waals surface area (Å²) in [6.07, 6.45) is 2.21. The molecular formula is C25H26Cl2N2O. The van der Waals surface area contributed by atoms with Crippen LogP contribution >= 0.6 is 24.0 Å². The summed E-state index contributed by atoms with van der Waals surface area (Å²) in [6.45, 7) is 3.89. The van der Waals surface area contributed by atoms with Crippen LogP contribution in [0, 0.1) is 0 Å². The minimum Gasteiger partial charge on any atom is -0.487 e. The first kappa shape index (κ1) is 21.0. The SMILES string of the molecule is Cl.Clc1ccc(CCN2CCC(N3c4ccccc4COc4ccccc43)C2)cc1. The van der Waals surface area contributed by atoms with Crippen LogP contribution in [0.5, 0.6) is 5.75 Å². The van der Waals surface area contributed by atoms with Crippen molar-refractivity contribution < 1.29 is 4.74 Å². The monoisotopic (exact) mass is 440 g/mol. The number of hydrogen-bond acceptors (Lipinski definition) is 3. The van der Waals surface area contributed by atoms with Crippen LogP contribution in [-0.2, 0) is 13.0 Å². The lowest BCUT2D eigenvalue weighted by atomic mass is 10.1. The Bertz CT molecular complexity index is 945. The van der Waals surface area contributed by atoms with Crippen LogP contribution in [0.2, 0.25) is 5.02 Å². The van der Waals surface area contributed by atoms with Gasteiger partial charge in [-0.15, -0.1) is 12.4 Å². The molecule has 5 heteroatoms. The van der Waals surface area contributed by atoms with E-state index in [1.807, 2.05) is 12.1 Å². The molecule has 2 aliphatic rings. The molecule has 1 fully saturated rings. The molecule has 3 aromatic rings. The smallest absolute Gasteiger partial charge is 0.143 e. The molecule has 1 atom stereocenters. The number of para-hydroxylation sites is 3. The lowest BCUT2D eigenvalue weighted by Gasteiger charge is -2.32. The molecule has 0 saturated carbocycles. The first-order valence-corrected chi connectivity index (χ1v) is 10.7. The molecule has 0 spiro atoms. The van der Waals surface area contributed by atoms with E-state index in [0.29, 0.717) is 12.6 Å². The summed E-state index contributed by atoms with van der Waals surface area (Å²) in [6, 6.07) is 25.8. The van der Waals surface area contributed by atoms with Gasteiger partial charge in [-0.1, -0.05) is 54.1 Å². The fraction of sp³-hybridized carbons (Fsp3) is 0.280. The zero-order chi connectivity index (χ0) is 19.6. The van der Waals surface area contributed by atoms with Crippen LogP contribution in [-0.4, -0.2) is 30.6 Å². The van der Waals surface area contributed by atoms with E-state index in [-0.39, 0.29) is 12.4 Å². The van der Waals surface area contributed by atoms with Crippen LogP contribution in [0.4, 0.5) is 11.4 Å². The predicted octanol–water partition coefficient (Wildman–Crippen LogP) is 6.11. The Morgan fingerprint density at radius 2 is 1.63 bits per heavy atom. The second kappa shape index (κ2) is 9.30. The minimum absolute atomic E-state index is 0. The van der Waals surface area contributed by atoms with Crippen molar-refractivity contribution in [2.24, 2.45) is 0 Å². The Morgan fingerprint density at radius 1 is 0.900 bits per heavy atom. The summed E-state index contributed by atoms with van der Waals surface area (Å²) in [5.41, 5.74) is 5.06. The van der Waals surface area contributed by atoms with Gasteiger partial charge in [0, 0.05) is 41.9 Å². The topological polar surface area (TPSA) is 15.7 Å². The van der Waals surface area contributed by atoms with Gasteiger partial charge in [-0.3, -0.25) is 0 Å². The second-order valence-corrected chi connectivity index (χ2v) is 8.31. The van der Waals surface area contributed by atoms with E-state index in [4.69, 9.17) is 16.3 Å². The van der Waals surface area contributed by atoms with Gasteiger partial charge in [0.05, 0.1) is 5.69 Å². The summed E-state index contributed by atoms with van der Waals surface area (Å²) in [7, 11) is 0. The van der Waals surface area contributed by atoms with Crippen molar-refractivity contribution in [3.63, 3.8) is 0 Å². The molecule has 0 radical (unpaired) electrons. The average Bonchev–Trinajstić information content (AvgIpc) is 3.15. The molecular weight excluding hydrogens is 415 g/mol. The van der Waals surface area contributed by atoms with Gasteiger partial charge in [-0.2, -0.15) is 0 Å². The van der Waals surface area contributed by atoms with Crippen LogP contribution in [0.15, 0.2) is 72.8 Å². The summed E-state index contributed by atoms with van der Waals surface area (Å²) >= 11 is 6.01. The number of ether oxygens (including phenoxy) is 1. The second-order valence-electron chi connectivity index (χ2n) is 7.87. The summed E-state index contributed by atoms with van der Waals surface area (Å²) in [4.78, 5) is 5.09. The molecule has 3 nitrogen and oxygen atoms in total. The highest BCUT2D eigenvalue weighted by atomic mass is 35.5. The molecule has 1 saturated heterocycles.